The number of fused-ring (bicyclic) bond motifs is 1. The normalized spacial score (nSPS) is 18.9. The molecule has 3 aromatic heterocycles. The van der Waals surface area contributed by atoms with Crippen LogP contribution >= 0.6 is 23.4 Å². The van der Waals surface area contributed by atoms with Crippen LogP contribution in [0.4, 0.5) is 11.6 Å². The number of nitrogens with zero attached hydrogens (tertiary/aromatic N) is 6. The van der Waals surface area contributed by atoms with Crippen LogP contribution in [0.25, 0.3) is 11.0 Å². The van der Waals surface area contributed by atoms with E-state index in [-0.39, 0.29) is 6.04 Å². The number of nitrogens with two attached hydrogens (primary N) is 1. The van der Waals surface area contributed by atoms with Crippen LogP contribution in [0.15, 0.2) is 22.3 Å². The third kappa shape index (κ3) is 3.76. The molecule has 10 heteroatoms. The molecule has 0 amide bonds. The highest BCUT2D eigenvalue weighted by Crippen LogP contribution is 2.38. The Morgan fingerprint density at radius 3 is 2.75 bits per heavy atom. The zero-order chi connectivity index (χ0) is 22.4. The molecule has 166 valence electrons. The molecule has 0 saturated carbocycles. The first kappa shape index (κ1) is 21.3. The van der Waals surface area contributed by atoms with Gasteiger partial charge in [-0.05, 0) is 36.6 Å². The molecule has 2 aliphatic rings. The summed E-state index contributed by atoms with van der Waals surface area (Å²) < 4.78 is 0. The second kappa shape index (κ2) is 8.43. The molecule has 1 unspecified atom stereocenters. The first-order valence-corrected chi connectivity index (χ1v) is 12.1. The van der Waals surface area contributed by atoms with Crippen molar-refractivity contribution in [3.8, 4) is 6.07 Å². The lowest BCUT2D eigenvalue weighted by Crippen LogP contribution is -2.46. The Labute approximate surface area is 196 Å². The van der Waals surface area contributed by atoms with Crippen molar-refractivity contribution in [1.29, 1.82) is 5.26 Å². The number of H-pyrrole nitrogens is 1. The Morgan fingerprint density at radius 1 is 1.28 bits per heavy atom. The van der Waals surface area contributed by atoms with E-state index in [9.17, 15) is 5.26 Å². The number of nitrogens with one attached hydrogen (secondary N) is 1. The number of hydrogen-bond acceptors (Lipinski definition) is 8. The summed E-state index contributed by atoms with van der Waals surface area (Å²) in [5.74, 6) is 2.20. The van der Waals surface area contributed by atoms with Crippen molar-refractivity contribution in [2.24, 2.45) is 11.7 Å². The molecule has 2 aliphatic heterocycles. The minimum absolute atomic E-state index is 0.124. The summed E-state index contributed by atoms with van der Waals surface area (Å²) in [6.07, 6.45) is 3.49. The van der Waals surface area contributed by atoms with Crippen LogP contribution in [0.5, 0.6) is 0 Å². The monoisotopic (exact) mass is 468 g/mol. The number of aryl methyl sites for hydroxylation is 1. The van der Waals surface area contributed by atoms with Gasteiger partial charge in [0.25, 0.3) is 0 Å². The van der Waals surface area contributed by atoms with Crippen LogP contribution in [0.1, 0.15) is 31.5 Å². The van der Waals surface area contributed by atoms with Gasteiger partial charge in [-0.25, -0.2) is 15.0 Å². The zero-order valence-electron chi connectivity index (χ0n) is 18.1. The zero-order valence-corrected chi connectivity index (χ0v) is 19.7. The molecular weight excluding hydrogens is 444 g/mol. The van der Waals surface area contributed by atoms with Gasteiger partial charge >= 0.3 is 0 Å². The van der Waals surface area contributed by atoms with E-state index in [4.69, 9.17) is 27.3 Å². The maximum Gasteiger partial charge on any atom is 0.196 e. The van der Waals surface area contributed by atoms with Gasteiger partial charge < -0.3 is 20.5 Å². The van der Waals surface area contributed by atoms with Crippen molar-refractivity contribution in [3.05, 3.63) is 28.5 Å². The predicted molar refractivity (Wildman–Crippen MR) is 128 cm³/mol. The van der Waals surface area contributed by atoms with Crippen molar-refractivity contribution in [1.82, 2.24) is 19.9 Å². The predicted octanol–water partition coefficient (Wildman–Crippen LogP) is 3.59. The van der Waals surface area contributed by atoms with E-state index in [1.165, 1.54) is 11.8 Å². The van der Waals surface area contributed by atoms with Crippen LogP contribution in [0, 0.1) is 17.2 Å². The van der Waals surface area contributed by atoms with Crippen LogP contribution < -0.4 is 15.5 Å². The number of pyridine rings is 1. The van der Waals surface area contributed by atoms with E-state index >= 15 is 0 Å². The van der Waals surface area contributed by atoms with Gasteiger partial charge in [0.15, 0.2) is 5.16 Å². The first-order chi connectivity index (χ1) is 15.5. The minimum Gasteiger partial charge on any atom is -0.355 e. The summed E-state index contributed by atoms with van der Waals surface area (Å²) in [6, 6.07) is 4.28. The van der Waals surface area contributed by atoms with E-state index in [1.54, 1.807) is 6.20 Å². The van der Waals surface area contributed by atoms with Crippen LogP contribution in [0.3, 0.4) is 0 Å². The molecule has 0 aliphatic carbocycles. The summed E-state index contributed by atoms with van der Waals surface area (Å²) in [4.78, 5) is 22.7. The minimum atomic E-state index is 0.124. The molecule has 0 aromatic carbocycles. The van der Waals surface area contributed by atoms with Crippen LogP contribution in [-0.2, 0) is 6.42 Å². The molecule has 2 fully saturated rings. The second-order valence-electron chi connectivity index (χ2n) is 8.59. The quantitative estimate of drug-likeness (QED) is 0.546. The number of nitriles is 1. The molecule has 2 saturated heterocycles. The van der Waals surface area contributed by atoms with Gasteiger partial charge in [0.05, 0.1) is 16.0 Å². The standard InChI is InChI=1S/C22H25ClN8S/c1-3-16-18(23)17-19(27-16)28-22(29-21(17)30-5-4-14(25)11-30)32-15-6-13(7-24)20(26-8-15)31-9-12(2)10-31/h6,8,12,14H,3-5,9-11,25H2,1-2H3,(H,27,28,29). The maximum absolute atomic E-state index is 9.66. The fraction of sp³-hybridized carbons (Fsp3) is 0.455. The summed E-state index contributed by atoms with van der Waals surface area (Å²) in [5, 5.41) is 11.8. The topological polar surface area (TPSA) is 111 Å². The highest BCUT2D eigenvalue weighted by molar-refractivity contribution is 7.99. The summed E-state index contributed by atoms with van der Waals surface area (Å²) in [6.45, 7) is 7.69. The number of aromatic nitrogens is 4. The highest BCUT2D eigenvalue weighted by Gasteiger charge is 2.28. The molecule has 0 spiro atoms. The Kier molecular flexibility index (Phi) is 5.61. The van der Waals surface area contributed by atoms with E-state index in [2.05, 4.69) is 39.7 Å². The van der Waals surface area contributed by atoms with Crippen LogP contribution in [-0.4, -0.2) is 52.2 Å². The average molecular weight is 469 g/mol. The van der Waals surface area contributed by atoms with Crippen molar-refractivity contribution < 1.29 is 0 Å². The highest BCUT2D eigenvalue weighted by atomic mass is 35.5. The van der Waals surface area contributed by atoms with Crippen molar-refractivity contribution in [3.63, 3.8) is 0 Å². The third-order valence-corrected chi connectivity index (χ3v) is 7.28. The number of anilines is 2. The molecule has 8 nitrogen and oxygen atoms in total. The third-order valence-electron chi connectivity index (χ3n) is 6.04. The number of rotatable bonds is 5. The second-order valence-corrected chi connectivity index (χ2v) is 10.0. The molecule has 32 heavy (non-hydrogen) atoms. The molecule has 1 atom stereocenters. The summed E-state index contributed by atoms with van der Waals surface area (Å²) in [5.41, 5.74) is 8.40. The van der Waals surface area contributed by atoms with Gasteiger partial charge in [-0.2, -0.15) is 5.26 Å². The lowest BCUT2D eigenvalue weighted by Gasteiger charge is -2.38. The summed E-state index contributed by atoms with van der Waals surface area (Å²) >= 11 is 8.08. The Hall–Kier alpha value is -2.54. The number of hydrogen-bond donors (Lipinski definition) is 2. The van der Waals surface area contributed by atoms with E-state index < -0.39 is 0 Å². The molecular formula is C22H25ClN8S. The lowest BCUT2D eigenvalue weighted by molar-refractivity contribution is 0.443. The molecule has 5 heterocycles. The number of halogens is 1. The lowest BCUT2D eigenvalue weighted by atomic mass is 10.0. The first-order valence-electron chi connectivity index (χ1n) is 10.9. The van der Waals surface area contributed by atoms with Gasteiger partial charge in [0.1, 0.15) is 23.4 Å². The smallest absolute Gasteiger partial charge is 0.196 e. The van der Waals surface area contributed by atoms with Crippen LogP contribution in [0.2, 0.25) is 5.02 Å². The molecule has 3 aromatic rings. The van der Waals surface area contributed by atoms with Crippen molar-refractivity contribution in [2.45, 2.75) is 42.8 Å². The van der Waals surface area contributed by atoms with Crippen molar-refractivity contribution >= 4 is 46.0 Å². The fourth-order valence-electron chi connectivity index (χ4n) is 4.37. The summed E-state index contributed by atoms with van der Waals surface area (Å²) in [7, 11) is 0. The number of aromatic amines is 1. The fourth-order valence-corrected chi connectivity index (χ4v) is 5.49. The SMILES string of the molecule is CCc1[nH]c2nc(Sc3cnc(N4CC(C)C4)c(C#N)c3)nc(N3CCC(N)C3)c2c1Cl. The van der Waals surface area contributed by atoms with E-state index in [0.29, 0.717) is 21.7 Å². The van der Waals surface area contributed by atoms with Gasteiger partial charge in [-0.3, -0.25) is 0 Å². The molecule has 0 radical (unpaired) electrons. The maximum atomic E-state index is 9.66. The molecule has 5 rings (SSSR count). The molecule has 0 bridgehead atoms. The largest absolute Gasteiger partial charge is 0.355 e. The Morgan fingerprint density at radius 2 is 2.09 bits per heavy atom. The molecule has 3 N–H and O–H groups in total. The van der Waals surface area contributed by atoms with Gasteiger partial charge in [0.2, 0.25) is 0 Å². The van der Waals surface area contributed by atoms with Gasteiger partial charge in [-0.15, -0.1) is 0 Å². The van der Waals surface area contributed by atoms with Gasteiger partial charge in [0, 0.05) is 49.0 Å². The van der Waals surface area contributed by atoms with E-state index in [0.717, 1.165) is 72.3 Å². The average Bonchev–Trinajstić information content (AvgIpc) is 3.34. The Balaban J connectivity index is 1.51. The Bertz CT molecular complexity index is 1210. The van der Waals surface area contributed by atoms with E-state index in [1.807, 2.05) is 6.07 Å². The van der Waals surface area contributed by atoms with Gasteiger partial charge in [-0.1, -0.05) is 25.4 Å². The van der Waals surface area contributed by atoms with Crippen molar-refractivity contribution in [2.75, 3.05) is 36.0 Å².